The molecule has 0 amide bonds. The molecule has 0 aromatic carbocycles. The van der Waals surface area contributed by atoms with Crippen LogP contribution in [-0.2, 0) is 6.54 Å². The predicted octanol–water partition coefficient (Wildman–Crippen LogP) is 0.380. The second-order valence-electron chi connectivity index (χ2n) is 2.51. The highest BCUT2D eigenvalue weighted by Crippen LogP contribution is 2.08. The number of nitrogens with zero attached hydrogens (tertiary/aromatic N) is 5. The van der Waals surface area contributed by atoms with E-state index in [1.807, 2.05) is 6.92 Å². The maximum atomic E-state index is 11.8. The highest BCUT2D eigenvalue weighted by Gasteiger charge is 2.17. The van der Waals surface area contributed by atoms with E-state index in [9.17, 15) is 4.79 Å². The number of carbonyl (C=O) groups excluding carboxylic acids is 1. The lowest BCUT2D eigenvalue weighted by molar-refractivity contribution is 0.102. The van der Waals surface area contributed by atoms with Gasteiger partial charge in [0.25, 0.3) is 0 Å². The minimum absolute atomic E-state index is 0.181. The molecule has 14 heavy (non-hydrogen) atoms. The summed E-state index contributed by atoms with van der Waals surface area (Å²) in [5, 5.41) is 7.51. The fourth-order valence-electron chi connectivity index (χ4n) is 1.05. The Kier molecular flexibility index (Phi) is 2.32. The third-order valence-electron chi connectivity index (χ3n) is 1.70. The van der Waals surface area contributed by atoms with Crippen molar-refractivity contribution in [3.05, 3.63) is 23.2 Å². The average Bonchev–Trinajstić information content (AvgIpc) is 2.87. The van der Waals surface area contributed by atoms with Gasteiger partial charge in [-0.05, 0) is 18.5 Å². The summed E-state index contributed by atoms with van der Waals surface area (Å²) in [6.45, 7) is 2.52. The van der Waals surface area contributed by atoms with Crippen molar-refractivity contribution >= 4 is 17.3 Å². The van der Waals surface area contributed by atoms with Crippen LogP contribution in [0.1, 0.15) is 22.4 Å². The van der Waals surface area contributed by atoms with Gasteiger partial charge in [0.15, 0.2) is 0 Å². The van der Waals surface area contributed by atoms with Crippen LogP contribution < -0.4 is 0 Å². The van der Waals surface area contributed by atoms with E-state index in [0.717, 1.165) is 11.5 Å². The van der Waals surface area contributed by atoms with Gasteiger partial charge in [-0.1, -0.05) is 4.49 Å². The monoisotopic (exact) mass is 209 g/mol. The zero-order valence-electron chi connectivity index (χ0n) is 7.41. The predicted molar refractivity (Wildman–Crippen MR) is 49.0 cm³/mol. The molecular weight excluding hydrogens is 202 g/mol. The maximum Gasteiger partial charge on any atom is 0.243 e. The molecule has 0 radical (unpaired) electrons. The largest absolute Gasteiger partial charge is 0.284 e. The molecule has 0 aliphatic rings. The molecule has 0 saturated carbocycles. The van der Waals surface area contributed by atoms with Crippen LogP contribution >= 0.6 is 11.5 Å². The van der Waals surface area contributed by atoms with E-state index in [-0.39, 0.29) is 5.78 Å². The highest BCUT2D eigenvalue weighted by molar-refractivity contribution is 7.08. The molecule has 72 valence electrons. The van der Waals surface area contributed by atoms with Crippen molar-refractivity contribution in [3.63, 3.8) is 0 Å². The molecule has 2 heterocycles. The quantitative estimate of drug-likeness (QED) is 0.683. The van der Waals surface area contributed by atoms with Crippen molar-refractivity contribution in [2.45, 2.75) is 13.5 Å². The summed E-state index contributed by atoms with van der Waals surface area (Å²) in [5.41, 5.74) is 0. The molecule has 0 aliphatic heterocycles. The number of hydrogen-bond acceptors (Lipinski definition) is 6. The molecule has 0 bridgehead atoms. The van der Waals surface area contributed by atoms with Crippen LogP contribution in [0, 0.1) is 0 Å². The Morgan fingerprint density at radius 2 is 2.50 bits per heavy atom. The van der Waals surface area contributed by atoms with E-state index in [0.29, 0.717) is 17.2 Å². The van der Waals surface area contributed by atoms with E-state index in [2.05, 4.69) is 19.7 Å². The molecule has 7 heteroatoms. The Morgan fingerprint density at radius 1 is 1.64 bits per heavy atom. The summed E-state index contributed by atoms with van der Waals surface area (Å²) in [6.07, 6.45) is 2.80. The Bertz CT molecular complexity index is 435. The first kappa shape index (κ1) is 8.95. The summed E-state index contributed by atoms with van der Waals surface area (Å²) in [7, 11) is 0. The molecule has 2 rings (SSSR count). The number of aryl methyl sites for hydroxylation is 1. The third kappa shape index (κ3) is 1.41. The molecule has 0 aliphatic carbocycles. The van der Waals surface area contributed by atoms with Crippen molar-refractivity contribution in [3.8, 4) is 0 Å². The number of rotatable bonds is 3. The lowest BCUT2D eigenvalue weighted by atomic mass is 10.3. The summed E-state index contributed by atoms with van der Waals surface area (Å²) in [4.78, 5) is 16.1. The summed E-state index contributed by atoms with van der Waals surface area (Å²) < 4.78 is 5.17. The van der Waals surface area contributed by atoms with Gasteiger partial charge >= 0.3 is 0 Å². The Morgan fingerprint density at radius 3 is 3.14 bits per heavy atom. The summed E-state index contributed by atoms with van der Waals surface area (Å²) in [6, 6.07) is 0. The van der Waals surface area contributed by atoms with Gasteiger partial charge in [0.05, 0.1) is 6.20 Å². The molecule has 6 nitrogen and oxygen atoms in total. The van der Waals surface area contributed by atoms with Crippen LogP contribution in [-0.4, -0.2) is 30.1 Å². The minimum atomic E-state index is -0.181. The Hall–Kier alpha value is -1.63. The smallest absolute Gasteiger partial charge is 0.243 e. The van der Waals surface area contributed by atoms with Crippen LogP contribution in [0.15, 0.2) is 12.5 Å². The molecule has 0 N–H and O–H groups in total. The van der Waals surface area contributed by atoms with Crippen LogP contribution in [0.5, 0.6) is 0 Å². The molecule has 0 unspecified atom stereocenters. The fourth-order valence-corrected chi connectivity index (χ4v) is 1.50. The van der Waals surface area contributed by atoms with Crippen molar-refractivity contribution < 1.29 is 4.79 Å². The standard InChI is InChI=1S/C7H7N5OS/c1-2-12-7(8-4-10-12)6(13)5-3-9-11-14-5/h3-4H,2H2,1H3. The lowest BCUT2D eigenvalue weighted by Crippen LogP contribution is -2.10. The van der Waals surface area contributed by atoms with Gasteiger partial charge in [0.2, 0.25) is 11.6 Å². The first-order valence-electron chi connectivity index (χ1n) is 4.02. The molecule has 0 spiro atoms. The number of aromatic nitrogens is 5. The first-order valence-corrected chi connectivity index (χ1v) is 4.80. The second-order valence-corrected chi connectivity index (χ2v) is 3.30. The van der Waals surface area contributed by atoms with E-state index in [4.69, 9.17) is 0 Å². The number of hydrogen-bond donors (Lipinski definition) is 0. The van der Waals surface area contributed by atoms with Gasteiger partial charge in [0.1, 0.15) is 11.2 Å². The van der Waals surface area contributed by atoms with Gasteiger partial charge in [0, 0.05) is 6.54 Å². The van der Waals surface area contributed by atoms with Crippen LogP contribution in [0.2, 0.25) is 0 Å². The van der Waals surface area contributed by atoms with E-state index >= 15 is 0 Å². The molecule has 0 fully saturated rings. The van der Waals surface area contributed by atoms with Gasteiger partial charge in [-0.3, -0.25) is 4.79 Å². The second kappa shape index (κ2) is 3.62. The van der Waals surface area contributed by atoms with E-state index in [1.165, 1.54) is 12.5 Å². The van der Waals surface area contributed by atoms with Crippen molar-refractivity contribution in [2.75, 3.05) is 0 Å². The minimum Gasteiger partial charge on any atom is -0.284 e. The van der Waals surface area contributed by atoms with E-state index in [1.54, 1.807) is 4.68 Å². The molecule has 2 aromatic rings. The fraction of sp³-hybridized carbons (Fsp3) is 0.286. The third-order valence-corrected chi connectivity index (χ3v) is 2.37. The van der Waals surface area contributed by atoms with Crippen molar-refractivity contribution in [1.82, 2.24) is 24.4 Å². The van der Waals surface area contributed by atoms with Gasteiger partial charge in [-0.15, -0.1) is 5.10 Å². The Balaban J connectivity index is 2.36. The number of ketones is 1. The Labute approximate surface area is 83.8 Å². The zero-order chi connectivity index (χ0) is 9.97. The molecule has 2 aromatic heterocycles. The zero-order valence-corrected chi connectivity index (χ0v) is 8.23. The first-order chi connectivity index (χ1) is 6.83. The summed E-state index contributed by atoms with van der Waals surface area (Å²) >= 11 is 1.06. The van der Waals surface area contributed by atoms with Crippen molar-refractivity contribution in [1.29, 1.82) is 0 Å². The van der Waals surface area contributed by atoms with Gasteiger partial charge < -0.3 is 0 Å². The summed E-state index contributed by atoms with van der Waals surface area (Å²) in [5.74, 6) is 0.151. The maximum absolute atomic E-state index is 11.8. The normalized spacial score (nSPS) is 10.4. The van der Waals surface area contributed by atoms with Crippen LogP contribution in [0.25, 0.3) is 0 Å². The van der Waals surface area contributed by atoms with Crippen LogP contribution in [0.4, 0.5) is 0 Å². The van der Waals surface area contributed by atoms with E-state index < -0.39 is 0 Å². The lowest BCUT2D eigenvalue weighted by Gasteiger charge is -1.98. The molecule has 0 atom stereocenters. The van der Waals surface area contributed by atoms with Gasteiger partial charge in [-0.25, -0.2) is 9.67 Å². The average molecular weight is 209 g/mol. The number of carbonyl (C=O) groups is 1. The molecular formula is C7H7N5OS. The SMILES string of the molecule is CCn1ncnc1C(=O)c1cnns1. The highest BCUT2D eigenvalue weighted by atomic mass is 32.1. The molecule has 0 saturated heterocycles. The van der Waals surface area contributed by atoms with Gasteiger partial charge in [-0.2, -0.15) is 5.10 Å². The van der Waals surface area contributed by atoms with Crippen molar-refractivity contribution in [2.24, 2.45) is 0 Å². The van der Waals surface area contributed by atoms with Crippen LogP contribution in [0.3, 0.4) is 0 Å². The topological polar surface area (TPSA) is 73.6 Å².